The molecule has 0 spiro atoms. The normalized spacial score (nSPS) is 19.8. The Morgan fingerprint density at radius 2 is 1.69 bits per heavy atom. The van der Waals surface area contributed by atoms with Gasteiger partial charge in [0.1, 0.15) is 5.75 Å². The second-order valence-electron chi connectivity index (χ2n) is 6.58. The number of carbonyl (C=O) groups is 1. The van der Waals surface area contributed by atoms with Crippen molar-refractivity contribution in [1.29, 1.82) is 0 Å². The molecule has 0 unspecified atom stereocenters. The standard InChI is InChI=1S/C18H26N2O5S/c1-24-17-7-6-15(26(22,23)20-8-4-2-3-5-9-20)14-16(17)18(21)19-10-12-25-13-11-19/h6-7,14H,2-5,8-13H2,1H3. The van der Waals surface area contributed by atoms with Crippen LogP contribution >= 0.6 is 0 Å². The highest BCUT2D eigenvalue weighted by atomic mass is 32.2. The van der Waals surface area contributed by atoms with Crippen molar-refractivity contribution in [2.75, 3.05) is 46.5 Å². The first-order chi connectivity index (χ1) is 12.5. The van der Waals surface area contributed by atoms with Gasteiger partial charge in [0.2, 0.25) is 10.0 Å². The zero-order chi connectivity index (χ0) is 18.6. The Hall–Kier alpha value is -1.64. The third-order valence-corrected chi connectivity index (χ3v) is 6.80. The molecule has 0 saturated carbocycles. The monoisotopic (exact) mass is 382 g/mol. The van der Waals surface area contributed by atoms with Gasteiger partial charge in [-0.2, -0.15) is 4.31 Å². The lowest BCUT2D eigenvalue weighted by molar-refractivity contribution is 0.0300. The quantitative estimate of drug-likeness (QED) is 0.793. The van der Waals surface area contributed by atoms with Gasteiger partial charge in [-0.1, -0.05) is 12.8 Å². The van der Waals surface area contributed by atoms with Crippen molar-refractivity contribution in [3.05, 3.63) is 23.8 Å². The highest BCUT2D eigenvalue weighted by molar-refractivity contribution is 7.89. The SMILES string of the molecule is COc1ccc(S(=O)(=O)N2CCCCCC2)cc1C(=O)N1CCOCC1. The van der Waals surface area contributed by atoms with Gasteiger partial charge < -0.3 is 14.4 Å². The topological polar surface area (TPSA) is 76.2 Å². The summed E-state index contributed by atoms with van der Waals surface area (Å²) < 4.78 is 38.2. The van der Waals surface area contributed by atoms with Gasteiger partial charge in [0.25, 0.3) is 5.91 Å². The number of hydrogen-bond acceptors (Lipinski definition) is 5. The Bertz CT molecular complexity index is 736. The second kappa shape index (κ2) is 8.37. The van der Waals surface area contributed by atoms with Crippen LogP contribution in [0.3, 0.4) is 0 Å². The molecule has 2 heterocycles. The van der Waals surface area contributed by atoms with E-state index in [0.717, 1.165) is 25.7 Å². The smallest absolute Gasteiger partial charge is 0.257 e. The van der Waals surface area contributed by atoms with E-state index in [1.165, 1.54) is 23.5 Å². The molecule has 2 saturated heterocycles. The van der Waals surface area contributed by atoms with Crippen LogP contribution in [0.2, 0.25) is 0 Å². The summed E-state index contributed by atoms with van der Waals surface area (Å²) in [7, 11) is -2.13. The van der Waals surface area contributed by atoms with Gasteiger partial charge in [-0.25, -0.2) is 8.42 Å². The van der Waals surface area contributed by atoms with Crippen LogP contribution in [-0.4, -0.2) is 70.0 Å². The molecule has 0 N–H and O–H groups in total. The third-order valence-electron chi connectivity index (χ3n) is 4.90. The van der Waals surface area contributed by atoms with Crippen molar-refractivity contribution in [3.63, 3.8) is 0 Å². The molecule has 7 nitrogen and oxygen atoms in total. The fourth-order valence-corrected chi connectivity index (χ4v) is 4.93. The summed E-state index contributed by atoms with van der Waals surface area (Å²) in [5.41, 5.74) is 0.283. The van der Waals surface area contributed by atoms with Gasteiger partial charge in [0, 0.05) is 26.2 Å². The Morgan fingerprint density at radius 3 is 2.31 bits per heavy atom. The summed E-state index contributed by atoms with van der Waals surface area (Å²) in [6.07, 6.45) is 3.84. The number of rotatable bonds is 4. The maximum absolute atomic E-state index is 13.0. The first kappa shape index (κ1) is 19.1. The van der Waals surface area contributed by atoms with E-state index in [4.69, 9.17) is 9.47 Å². The molecular formula is C18H26N2O5S. The highest BCUT2D eigenvalue weighted by Crippen LogP contribution is 2.27. The molecule has 8 heteroatoms. The van der Waals surface area contributed by atoms with Gasteiger partial charge in [-0.3, -0.25) is 4.79 Å². The number of amides is 1. The van der Waals surface area contributed by atoms with E-state index in [0.29, 0.717) is 45.1 Å². The van der Waals surface area contributed by atoms with Crippen molar-refractivity contribution >= 4 is 15.9 Å². The predicted molar refractivity (Wildman–Crippen MR) is 96.9 cm³/mol. The fourth-order valence-electron chi connectivity index (χ4n) is 3.38. The highest BCUT2D eigenvalue weighted by Gasteiger charge is 2.28. The van der Waals surface area contributed by atoms with Crippen LogP contribution in [0.5, 0.6) is 5.75 Å². The number of sulfonamides is 1. The van der Waals surface area contributed by atoms with Gasteiger partial charge in [0.05, 0.1) is 30.8 Å². The molecular weight excluding hydrogens is 356 g/mol. The fraction of sp³-hybridized carbons (Fsp3) is 0.611. The zero-order valence-corrected chi connectivity index (χ0v) is 16.0. The Balaban J connectivity index is 1.92. The van der Waals surface area contributed by atoms with Crippen LogP contribution in [0.1, 0.15) is 36.0 Å². The van der Waals surface area contributed by atoms with Crippen molar-refractivity contribution in [2.24, 2.45) is 0 Å². The molecule has 26 heavy (non-hydrogen) atoms. The van der Waals surface area contributed by atoms with Crippen molar-refractivity contribution < 1.29 is 22.7 Å². The summed E-state index contributed by atoms with van der Waals surface area (Å²) in [6.45, 7) is 3.01. The van der Waals surface area contributed by atoms with E-state index in [1.54, 1.807) is 11.0 Å². The average molecular weight is 382 g/mol. The Kier molecular flexibility index (Phi) is 6.16. The lowest BCUT2D eigenvalue weighted by Gasteiger charge is -2.27. The van der Waals surface area contributed by atoms with Crippen LogP contribution in [-0.2, 0) is 14.8 Å². The van der Waals surface area contributed by atoms with E-state index in [-0.39, 0.29) is 16.4 Å². The van der Waals surface area contributed by atoms with Crippen LogP contribution < -0.4 is 4.74 Å². The number of benzene rings is 1. The summed E-state index contributed by atoms with van der Waals surface area (Å²) in [6, 6.07) is 4.55. The largest absolute Gasteiger partial charge is 0.496 e. The minimum absolute atomic E-state index is 0.150. The number of hydrogen-bond donors (Lipinski definition) is 0. The van der Waals surface area contributed by atoms with Crippen molar-refractivity contribution in [2.45, 2.75) is 30.6 Å². The van der Waals surface area contributed by atoms with E-state index in [2.05, 4.69) is 0 Å². The summed E-state index contributed by atoms with van der Waals surface area (Å²) in [5, 5.41) is 0. The minimum Gasteiger partial charge on any atom is -0.496 e. The molecule has 0 bridgehead atoms. The van der Waals surface area contributed by atoms with Gasteiger partial charge in [-0.15, -0.1) is 0 Å². The maximum atomic E-state index is 13.0. The molecule has 3 rings (SSSR count). The molecule has 144 valence electrons. The van der Waals surface area contributed by atoms with E-state index < -0.39 is 10.0 Å². The summed E-state index contributed by atoms with van der Waals surface area (Å²) >= 11 is 0. The lowest BCUT2D eigenvalue weighted by Crippen LogP contribution is -2.41. The summed E-state index contributed by atoms with van der Waals surface area (Å²) in [4.78, 5) is 14.7. The number of methoxy groups -OCH3 is 1. The van der Waals surface area contributed by atoms with Crippen LogP contribution in [0, 0.1) is 0 Å². The number of nitrogens with zero attached hydrogens (tertiary/aromatic N) is 2. The molecule has 1 aromatic rings. The molecule has 2 aliphatic heterocycles. The first-order valence-electron chi connectivity index (χ1n) is 9.09. The summed E-state index contributed by atoms with van der Waals surface area (Å²) in [5.74, 6) is 0.161. The van der Waals surface area contributed by atoms with E-state index in [9.17, 15) is 13.2 Å². The molecule has 0 aliphatic carbocycles. The third kappa shape index (κ3) is 4.02. The number of carbonyl (C=O) groups excluding carboxylic acids is 1. The lowest BCUT2D eigenvalue weighted by atomic mass is 10.1. The van der Waals surface area contributed by atoms with Crippen LogP contribution in [0.4, 0.5) is 0 Å². The number of morpholine rings is 1. The average Bonchev–Trinajstić information content (AvgIpc) is 2.97. The molecule has 0 atom stereocenters. The molecule has 0 aromatic heterocycles. The predicted octanol–water partition coefficient (Wildman–Crippen LogP) is 1.73. The number of ether oxygens (including phenoxy) is 2. The minimum atomic E-state index is -3.61. The maximum Gasteiger partial charge on any atom is 0.257 e. The zero-order valence-electron chi connectivity index (χ0n) is 15.1. The van der Waals surface area contributed by atoms with Crippen molar-refractivity contribution in [1.82, 2.24) is 9.21 Å². The van der Waals surface area contributed by atoms with Gasteiger partial charge in [0.15, 0.2) is 0 Å². The molecule has 2 fully saturated rings. The molecule has 0 radical (unpaired) electrons. The van der Waals surface area contributed by atoms with Crippen LogP contribution in [0.25, 0.3) is 0 Å². The van der Waals surface area contributed by atoms with E-state index in [1.807, 2.05) is 0 Å². The van der Waals surface area contributed by atoms with Gasteiger partial charge in [-0.05, 0) is 31.0 Å². The van der Waals surface area contributed by atoms with Gasteiger partial charge >= 0.3 is 0 Å². The molecule has 1 amide bonds. The Labute approximate surface area is 154 Å². The second-order valence-corrected chi connectivity index (χ2v) is 8.52. The Morgan fingerprint density at radius 1 is 1.04 bits per heavy atom. The first-order valence-corrected chi connectivity index (χ1v) is 10.5. The van der Waals surface area contributed by atoms with E-state index >= 15 is 0 Å². The van der Waals surface area contributed by atoms with Crippen LogP contribution in [0.15, 0.2) is 23.1 Å². The van der Waals surface area contributed by atoms with Crippen molar-refractivity contribution in [3.8, 4) is 5.75 Å². The molecule has 2 aliphatic rings. The molecule has 1 aromatic carbocycles.